The van der Waals surface area contributed by atoms with E-state index >= 15 is 0 Å². The van der Waals surface area contributed by atoms with E-state index in [0.29, 0.717) is 12.1 Å². The Morgan fingerprint density at radius 2 is 2.22 bits per heavy atom. The van der Waals surface area contributed by atoms with Gasteiger partial charge in [-0.3, -0.25) is 9.78 Å². The number of carbonyl (C=O) groups is 1. The molecule has 4 nitrogen and oxygen atoms in total. The first-order chi connectivity index (χ1) is 8.79. The molecule has 2 rings (SSSR count). The summed E-state index contributed by atoms with van der Waals surface area (Å²) in [6, 6.07) is 3.48. The number of nitrogens with zero attached hydrogens (tertiary/aromatic N) is 1. The molecule has 0 saturated heterocycles. The van der Waals surface area contributed by atoms with Gasteiger partial charge in [0.1, 0.15) is 0 Å². The van der Waals surface area contributed by atoms with Gasteiger partial charge in [-0.05, 0) is 24.5 Å². The maximum atomic E-state index is 11.9. The summed E-state index contributed by atoms with van der Waals surface area (Å²) in [5.74, 6) is 0.785. The third-order valence-corrected chi connectivity index (χ3v) is 3.60. The van der Waals surface area contributed by atoms with Crippen molar-refractivity contribution in [1.29, 1.82) is 0 Å². The summed E-state index contributed by atoms with van der Waals surface area (Å²) >= 11 is 0. The number of nitrogens with one attached hydrogen (secondary N) is 1. The van der Waals surface area contributed by atoms with Gasteiger partial charge >= 0.3 is 0 Å². The minimum Gasteiger partial charge on any atom is -0.352 e. The van der Waals surface area contributed by atoms with E-state index in [4.69, 9.17) is 5.73 Å². The predicted octanol–water partition coefficient (Wildman–Crippen LogP) is 1.85. The number of hydrogen-bond acceptors (Lipinski definition) is 3. The van der Waals surface area contributed by atoms with Crippen molar-refractivity contribution >= 4 is 5.91 Å². The molecular formula is C14H21N3O. The van der Waals surface area contributed by atoms with Crippen LogP contribution in [0.3, 0.4) is 0 Å². The highest BCUT2D eigenvalue weighted by atomic mass is 16.1. The average molecular weight is 247 g/mol. The molecule has 1 aromatic rings. The Morgan fingerprint density at radius 1 is 1.44 bits per heavy atom. The number of nitrogens with two attached hydrogens (primary N) is 1. The van der Waals surface area contributed by atoms with Gasteiger partial charge in [-0.25, -0.2) is 0 Å². The summed E-state index contributed by atoms with van der Waals surface area (Å²) in [5.41, 5.74) is 6.91. The van der Waals surface area contributed by atoms with Crippen LogP contribution in [0.25, 0.3) is 0 Å². The maximum absolute atomic E-state index is 11.9. The fourth-order valence-corrected chi connectivity index (χ4v) is 2.52. The zero-order chi connectivity index (χ0) is 12.8. The largest absolute Gasteiger partial charge is 0.352 e. The van der Waals surface area contributed by atoms with Crippen LogP contribution in [0, 0.1) is 5.92 Å². The molecule has 0 aliphatic heterocycles. The van der Waals surface area contributed by atoms with Crippen LogP contribution >= 0.6 is 0 Å². The Hall–Kier alpha value is -1.42. The van der Waals surface area contributed by atoms with Gasteiger partial charge in [-0.1, -0.05) is 25.7 Å². The van der Waals surface area contributed by atoms with Crippen molar-refractivity contribution in [2.45, 2.75) is 38.6 Å². The molecule has 0 bridgehead atoms. The van der Waals surface area contributed by atoms with E-state index in [1.807, 2.05) is 0 Å². The average Bonchev–Trinajstić information content (AvgIpc) is 2.92. The molecule has 0 aromatic carbocycles. The molecule has 1 heterocycles. The minimum atomic E-state index is -0.0231. The summed E-state index contributed by atoms with van der Waals surface area (Å²) in [6.45, 7) is 1.13. The highest BCUT2D eigenvalue weighted by molar-refractivity contribution is 5.94. The maximum Gasteiger partial charge on any atom is 0.251 e. The van der Waals surface area contributed by atoms with Crippen molar-refractivity contribution < 1.29 is 4.79 Å². The second kappa shape index (κ2) is 6.50. The molecule has 3 N–H and O–H groups in total. The summed E-state index contributed by atoms with van der Waals surface area (Å²) in [6.07, 6.45) is 8.07. The SMILES string of the molecule is NCc1cc(C(=O)NCCC2CCCC2)ccn1. The van der Waals surface area contributed by atoms with Crippen LogP contribution in [0.4, 0.5) is 0 Å². The fraction of sp³-hybridized carbons (Fsp3) is 0.571. The van der Waals surface area contributed by atoms with E-state index in [-0.39, 0.29) is 5.91 Å². The van der Waals surface area contributed by atoms with E-state index in [9.17, 15) is 4.79 Å². The van der Waals surface area contributed by atoms with Crippen LogP contribution in [-0.4, -0.2) is 17.4 Å². The van der Waals surface area contributed by atoms with Crippen molar-refractivity contribution in [2.75, 3.05) is 6.54 Å². The first kappa shape index (κ1) is 13.0. The molecule has 0 unspecified atom stereocenters. The second-order valence-electron chi connectivity index (χ2n) is 4.94. The van der Waals surface area contributed by atoms with Crippen LogP contribution in [0.15, 0.2) is 18.3 Å². The molecule has 1 saturated carbocycles. The highest BCUT2D eigenvalue weighted by Crippen LogP contribution is 2.26. The van der Waals surface area contributed by atoms with Gasteiger partial charge in [-0.15, -0.1) is 0 Å². The van der Waals surface area contributed by atoms with Crippen molar-refractivity contribution in [2.24, 2.45) is 11.7 Å². The van der Waals surface area contributed by atoms with Gasteiger partial charge in [0.05, 0.1) is 5.69 Å². The van der Waals surface area contributed by atoms with Crippen LogP contribution < -0.4 is 11.1 Å². The van der Waals surface area contributed by atoms with E-state index in [1.54, 1.807) is 18.3 Å². The molecule has 1 aromatic heterocycles. The van der Waals surface area contributed by atoms with Crippen LogP contribution in [0.1, 0.15) is 48.2 Å². The lowest BCUT2D eigenvalue weighted by molar-refractivity contribution is 0.0951. The molecule has 18 heavy (non-hydrogen) atoms. The molecule has 98 valence electrons. The molecule has 1 aliphatic rings. The molecule has 1 aliphatic carbocycles. The monoisotopic (exact) mass is 247 g/mol. The van der Waals surface area contributed by atoms with Gasteiger partial charge in [0.15, 0.2) is 0 Å². The highest BCUT2D eigenvalue weighted by Gasteiger charge is 2.15. The van der Waals surface area contributed by atoms with Crippen molar-refractivity contribution in [3.8, 4) is 0 Å². The Kier molecular flexibility index (Phi) is 4.70. The predicted molar refractivity (Wildman–Crippen MR) is 71.0 cm³/mol. The molecule has 4 heteroatoms. The van der Waals surface area contributed by atoms with Gasteiger partial charge in [0.25, 0.3) is 5.91 Å². The van der Waals surface area contributed by atoms with Gasteiger partial charge in [0.2, 0.25) is 0 Å². The van der Waals surface area contributed by atoms with E-state index < -0.39 is 0 Å². The smallest absolute Gasteiger partial charge is 0.251 e. The molecule has 0 radical (unpaired) electrons. The van der Waals surface area contributed by atoms with Gasteiger partial charge < -0.3 is 11.1 Å². The molecule has 0 atom stereocenters. The van der Waals surface area contributed by atoms with E-state index in [1.165, 1.54) is 25.7 Å². The number of rotatable bonds is 5. The third-order valence-electron chi connectivity index (χ3n) is 3.60. The summed E-state index contributed by atoms with van der Waals surface area (Å²) in [4.78, 5) is 16.0. The Bertz CT molecular complexity index is 400. The first-order valence-electron chi connectivity index (χ1n) is 6.73. The van der Waals surface area contributed by atoms with Crippen molar-refractivity contribution in [1.82, 2.24) is 10.3 Å². The topological polar surface area (TPSA) is 68.0 Å². The number of carbonyl (C=O) groups excluding carboxylic acids is 1. The van der Waals surface area contributed by atoms with Crippen LogP contribution in [0.5, 0.6) is 0 Å². The van der Waals surface area contributed by atoms with Crippen LogP contribution in [-0.2, 0) is 6.54 Å². The number of hydrogen-bond donors (Lipinski definition) is 2. The number of aromatic nitrogens is 1. The van der Waals surface area contributed by atoms with E-state index in [2.05, 4.69) is 10.3 Å². The third kappa shape index (κ3) is 3.53. The molecule has 1 amide bonds. The zero-order valence-electron chi connectivity index (χ0n) is 10.7. The Balaban J connectivity index is 1.79. The minimum absolute atomic E-state index is 0.0231. The Morgan fingerprint density at radius 3 is 2.94 bits per heavy atom. The summed E-state index contributed by atoms with van der Waals surface area (Å²) in [5, 5.41) is 2.97. The van der Waals surface area contributed by atoms with E-state index in [0.717, 1.165) is 24.6 Å². The Labute approximate surface area is 108 Å². The van der Waals surface area contributed by atoms with Gasteiger partial charge in [0, 0.05) is 24.8 Å². The quantitative estimate of drug-likeness (QED) is 0.834. The van der Waals surface area contributed by atoms with Crippen LogP contribution in [0.2, 0.25) is 0 Å². The summed E-state index contributed by atoms with van der Waals surface area (Å²) < 4.78 is 0. The first-order valence-corrected chi connectivity index (χ1v) is 6.73. The molecule has 0 spiro atoms. The molecular weight excluding hydrogens is 226 g/mol. The summed E-state index contributed by atoms with van der Waals surface area (Å²) in [7, 11) is 0. The zero-order valence-corrected chi connectivity index (χ0v) is 10.7. The lowest BCUT2D eigenvalue weighted by atomic mass is 10.0. The van der Waals surface area contributed by atoms with Crippen molar-refractivity contribution in [3.05, 3.63) is 29.6 Å². The second-order valence-corrected chi connectivity index (χ2v) is 4.94. The standard InChI is InChI=1S/C14H21N3O/c15-10-13-9-12(6-8-16-13)14(18)17-7-5-11-3-1-2-4-11/h6,8-9,11H,1-5,7,10,15H2,(H,17,18). The van der Waals surface area contributed by atoms with Crippen molar-refractivity contribution in [3.63, 3.8) is 0 Å². The lowest BCUT2D eigenvalue weighted by Crippen LogP contribution is -2.25. The normalized spacial score (nSPS) is 15.8. The lowest BCUT2D eigenvalue weighted by Gasteiger charge is -2.10. The number of amides is 1. The fourth-order valence-electron chi connectivity index (χ4n) is 2.52. The van der Waals surface area contributed by atoms with Gasteiger partial charge in [-0.2, -0.15) is 0 Å². The molecule has 1 fully saturated rings. The number of pyridine rings is 1.